The van der Waals surface area contributed by atoms with Crippen LogP contribution in [0.1, 0.15) is 12.5 Å². The summed E-state index contributed by atoms with van der Waals surface area (Å²) in [4.78, 5) is 13.8. The fraction of sp³-hybridized carbons (Fsp3) is 0.500. The van der Waals surface area contributed by atoms with Crippen molar-refractivity contribution in [3.05, 3.63) is 23.8 Å². The number of hydrogen-bond donors (Lipinski definition) is 1. The minimum absolute atomic E-state index is 0.181. The summed E-state index contributed by atoms with van der Waals surface area (Å²) in [7, 11) is 0. The Balaban J connectivity index is 1.99. The SMILES string of the molecule is CC(C(=O)O)(c1ccc2c(c1)OCO2)N1CCOCC1. The maximum atomic E-state index is 11.9. The molecule has 1 aromatic carbocycles. The Hall–Kier alpha value is -1.79. The van der Waals surface area contributed by atoms with Gasteiger partial charge in [0, 0.05) is 13.1 Å². The van der Waals surface area contributed by atoms with E-state index in [1.807, 2.05) is 4.90 Å². The third kappa shape index (κ3) is 2.01. The maximum Gasteiger partial charge on any atom is 0.328 e. The van der Waals surface area contributed by atoms with Crippen LogP contribution in [0, 0.1) is 0 Å². The molecule has 1 unspecified atom stereocenters. The van der Waals surface area contributed by atoms with E-state index in [1.165, 1.54) is 0 Å². The van der Waals surface area contributed by atoms with Gasteiger partial charge >= 0.3 is 5.97 Å². The van der Waals surface area contributed by atoms with Gasteiger partial charge in [-0.1, -0.05) is 6.07 Å². The quantitative estimate of drug-likeness (QED) is 0.892. The van der Waals surface area contributed by atoms with Crippen molar-refractivity contribution in [3.8, 4) is 11.5 Å². The highest BCUT2D eigenvalue weighted by Crippen LogP contribution is 2.38. The third-order valence-corrected chi connectivity index (χ3v) is 3.99. The number of aliphatic carboxylic acids is 1. The summed E-state index contributed by atoms with van der Waals surface area (Å²) < 4.78 is 15.9. The molecule has 0 radical (unpaired) electrons. The van der Waals surface area contributed by atoms with E-state index in [4.69, 9.17) is 14.2 Å². The molecule has 3 rings (SSSR count). The highest BCUT2D eigenvalue weighted by Gasteiger charge is 2.42. The van der Waals surface area contributed by atoms with Crippen LogP contribution < -0.4 is 9.47 Å². The van der Waals surface area contributed by atoms with Gasteiger partial charge in [-0.3, -0.25) is 4.90 Å². The number of carboxylic acid groups (broad SMARTS) is 1. The van der Waals surface area contributed by atoms with E-state index >= 15 is 0 Å². The first-order chi connectivity index (χ1) is 9.62. The van der Waals surface area contributed by atoms with Crippen molar-refractivity contribution in [1.82, 2.24) is 4.90 Å². The van der Waals surface area contributed by atoms with Crippen LogP contribution in [-0.2, 0) is 15.1 Å². The molecule has 20 heavy (non-hydrogen) atoms. The van der Waals surface area contributed by atoms with Crippen molar-refractivity contribution in [2.45, 2.75) is 12.5 Å². The van der Waals surface area contributed by atoms with Crippen LogP contribution in [0.3, 0.4) is 0 Å². The zero-order valence-corrected chi connectivity index (χ0v) is 11.3. The molecule has 0 aromatic heterocycles. The second-order valence-electron chi connectivity index (χ2n) is 5.04. The molecule has 1 saturated heterocycles. The molecule has 6 nitrogen and oxygen atoms in total. The number of benzene rings is 1. The molecule has 108 valence electrons. The molecule has 0 amide bonds. The van der Waals surface area contributed by atoms with Gasteiger partial charge in [-0.25, -0.2) is 4.79 Å². The summed E-state index contributed by atoms with van der Waals surface area (Å²) in [6.45, 7) is 4.19. The summed E-state index contributed by atoms with van der Waals surface area (Å²) in [5.41, 5.74) is -0.402. The van der Waals surface area contributed by atoms with Gasteiger partial charge < -0.3 is 19.3 Å². The maximum absolute atomic E-state index is 11.9. The van der Waals surface area contributed by atoms with E-state index in [2.05, 4.69) is 0 Å². The van der Waals surface area contributed by atoms with E-state index in [0.717, 1.165) is 0 Å². The van der Waals surface area contributed by atoms with Gasteiger partial charge in [0.15, 0.2) is 11.5 Å². The largest absolute Gasteiger partial charge is 0.480 e. The van der Waals surface area contributed by atoms with Gasteiger partial charge in [-0.15, -0.1) is 0 Å². The smallest absolute Gasteiger partial charge is 0.328 e. The highest BCUT2D eigenvalue weighted by molar-refractivity contribution is 5.80. The first-order valence-corrected chi connectivity index (χ1v) is 6.58. The summed E-state index contributed by atoms with van der Waals surface area (Å²) >= 11 is 0. The average molecular weight is 279 g/mol. The van der Waals surface area contributed by atoms with Gasteiger partial charge in [0.05, 0.1) is 13.2 Å². The Labute approximate surface area is 116 Å². The second kappa shape index (κ2) is 4.96. The monoisotopic (exact) mass is 279 g/mol. The average Bonchev–Trinajstić information content (AvgIpc) is 2.94. The van der Waals surface area contributed by atoms with E-state index in [0.29, 0.717) is 43.4 Å². The molecule has 0 aliphatic carbocycles. The molecule has 2 aliphatic rings. The second-order valence-corrected chi connectivity index (χ2v) is 5.04. The number of fused-ring (bicyclic) bond motifs is 1. The first-order valence-electron chi connectivity index (χ1n) is 6.58. The fourth-order valence-corrected chi connectivity index (χ4v) is 2.65. The van der Waals surface area contributed by atoms with Crippen LogP contribution >= 0.6 is 0 Å². The standard InChI is InChI=1S/C14H17NO5/c1-14(13(16)17,15-4-6-18-7-5-15)10-2-3-11-12(8-10)20-9-19-11/h2-3,8H,4-7,9H2,1H3,(H,16,17). The molecule has 0 saturated carbocycles. The van der Waals surface area contributed by atoms with Crippen molar-refractivity contribution in [2.24, 2.45) is 0 Å². The Morgan fingerprint density at radius 3 is 2.65 bits per heavy atom. The molecule has 0 spiro atoms. The number of carboxylic acids is 1. The van der Waals surface area contributed by atoms with Crippen molar-refractivity contribution < 1.29 is 24.1 Å². The molecular weight excluding hydrogens is 262 g/mol. The zero-order chi connectivity index (χ0) is 14.2. The predicted octanol–water partition coefficient (Wildman–Crippen LogP) is 1.05. The lowest BCUT2D eigenvalue weighted by Gasteiger charge is -2.40. The van der Waals surface area contributed by atoms with Gasteiger partial charge in [0.25, 0.3) is 0 Å². The van der Waals surface area contributed by atoms with Gasteiger partial charge in [-0.2, -0.15) is 0 Å². The molecule has 2 heterocycles. The van der Waals surface area contributed by atoms with Crippen LogP contribution in [-0.4, -0.2) is 49.1 Å². The third-order valence-electron chi connectivity index (χ3n) is 3.99. The van der Waals surface area contributed by atoms with Crippen LogP contribution in [0.2, 0.25) is 0 Å². The van der Waals surface area contributed by atoms with Gasteiger partial charge in [0.2, 0.25) is 6.79 Å². The lowest BCUT2D eigenvalue weighted by atomic mass is 9.89. The van der Waals surface area contributed by atoms with E-state index in [1.54, 1.807) is 25.1 Å². The lowest BCUT2D eigenvalue weighted by molar-refractivity contribution is -0.154. The Morgan fingerprint density at radius 2 is 1.95 bits per heavy atom. The number of morpholine rings is 1. The van der Waals surface area contributed by atoms with Crippen molar-refractivity contribution in [2.75, 3.05) is 33.1 Å². The molecule has 0 bridgehead atoms. The van der Waals surface area contributed by atoms with Crippen LogP contribution in [0.5, 0.6) is 11.5 Å². The number of ether oxygens (including phenoxy) is 3. The predicted molar refractivity (Wildman–Crippen MR) is 69.9 cm³/mol. The highest BCUT2D eigenvalue weighted by atomic mass is 16.7. The summed E-state index contributed by atoms with van der Waals surface area (Å²) in [5.74, 6) is 0.380. The zero-order valence-electron chi connectivity index (χ0n) is 11.3. The van der Waals surface area contributed by atoms with E-state index in [9.17, 15) is 9.90 Å². The molecule has 1 atom stereocenters. The van der Waals surface area contributed by atoms with Crippen molar-refractivity contribution >= 4 is 5.97 Å². The summed E-state index contributed by atoms with van der Waals surface area (Å²) in [6, 6.07) is 5.31. The van der Waals surface area contributed by atoms with Crippen LogP contribution in [0.15, 0.2) is 18.2 Å². The number of nitrogens with zero attached hydrogens (tertiary/aromatic N) is 1. The molecule has 1 N–H and O–H groups in total. The van der Waals surface area contributed by atoms with Crippen LogP contribution in [0.4, 0.5) is 0 Å². The lowest BCUT2D eigenvalue weighted by Crippen LogP contribution is -2.54. The number of hydrogen-bond acceptors (Lipinski definition) is 5. The van der Waals surface area contributed by atoms with E-state index < -0.39 is 11.5 Å². The Morgan fingerprint density at radius 1 is 1.25 bits per heavy atom. The van der Waals surface area contributed by atoms with Gasteiger partial charge in [0.1, 0.15) is 5.54 Å². The van der Waals surface area contributed by atoms with Gasteiger partial charge in [-0.05, 0) is 24.6 Å². The number of carbonyl (C=O) groups is 1. The topological polar surface area (TPSA) is 68.2 Å². The molecule has 2 aliphatic heterocycles. The van der Waals surface area contributed by atoms with E-state index in [-0.39, 0.29) is 6.79 Å². The minimum Gasteiger partial charge on any atom is -0.480 e. The van der Waals surface area contributed by atoms with Crippen molar-refractivity contribution in [3.63, 3.8) is 0 Å². The Kier molecular flexibility index (Phi) is 3.27. The molecule has 1 fully saturated rings. The van der Waals surface area contributed by atoms with Crippen molar-refractivity contribution in [1.29, 1.82) is 0 Å². The normalized spacial score (nSPS) is 21.4. The fourth-order valence-electron chi connectivity index (χ4n) is 2.65. The molecular formula is C14H17NO5. The molecule has 6 heteroatoms. The Bertz CT molecular complexity index is 526. The van der Waals surface area contributed by atoms with Crippen LogP contribution in [0.25, 0.3) is 0 Å². The number of rotatable bonds is 3. The molecule has 1 aromatic rings. The summed E-state index contributed by atoms with van der Waals surface area (Å²) in [6.07, 6.45) is 0. The minimum atomic E-state index is -1.09. The first kappa shape index (κ1) is 13.2. The summed E-state index contributed by atoms with van der Waals surface area (Å²) in [5, 5.41) is 9.73.